The first-order valence-electron chi connectivity index (χ1n) is 8.36. The number of hydroxylamine groups is 1. The van der Waals surface area contributed by atoms with Crippen molar-refractivity contribution in [1.29, 1.82) is 4.78 Å². The molecule has 2 rings (SSSR count). The van der Waals surface area contributed by atoms with Crippen molar-refractivity contribution in [2.45, 2.75) is 32.6 Å². The zero-order valence-corrected chi connectivity index (χ0v) is 16.3. The summed E-state index contributed by atoms with van der Waals surface area (Å²) in [6.45, 7) is 1.75. The smallest absolute Gasteiger partial charge is 0.181 e. The largest absolute Gasteiger partial charge is 0.290 e. The molecule has 0 aliphatic carbocycles. The van der Waals surface area contributed by atoms with E-state index in [1.807, 2.05) is 5.48 Å². The van der Waals surface area contributed by atoms with Gasteiger partial charge in [0.15, 0.2) is 11.5 Å². The van der Waals surface area contributed by atoms with Gasteiger partial charge in [-0.05, 0) is 42.6 Å². The summed E-state index contributed by atoms with van der Waals surface area (Å²) in [4.78, 5) is 4.15. The first kappa shape index (κ1) is 21.3. The molecule has 0 radical (unpaired) electrons. The summed E-state index contributed by atoms with van der Waals surface area (Å²) in [6, 6.07) is 3.88. The number of hydrogen-bond acceptors (Lipinski definition) is 7. The van der Waals surface area contributed by atoms with Gasteiger partial charge in [0.25, 0.3) is 0 Å². The summed E-state index contributed by atoms with van der Waals surface area (Å²) < 4.78 is 37.3. The number of nitrogens with zero attached hydrogens (tertiary/aromatic N) is 3. The summed E-state index contributed by atoms with van der Waals surface area (Å²) in [6.07, 6.45) is 2.69. The molecule has 1 unspecified atom stereocenters. The van der Waals surface area contributed by atoms with Crippen LogP contribution < -0.4 is 5.48 Å². The number of aryl methyl sites for hydroxylation is 1. The number of rotatable bonds is 9. The third-order valence-corrected chi connectivity index (χ3v) is 6.06. The highest BCUT2D eigenvalue weighted by molar-refractivity contribution is 7.92. The highest BCUT2D eigenvalue weighted by Crippen LogP contribution is 2.22. The molecule has 0 saturated heterocycles. The van der Waals surface area contributed by atoms with Gasteiger partial charge in [0, 0.05) is 21.2 Å². The van der Waals surface area contributed by atoms with Crippen molar-refractivity contribution in [3.8, 4) is 0 Å². The van der Waals surface area contributed by atoms with Crippen molar-refractivity contribution < 1.29 is 18.4 Å². The summed E-state index contributed by atoms with van der Waals surface area (Å²) in [7, 11) is -2.47. The quantitative estimate of drug-likeness (QED) is 0.247. The predicted molar refractivity (Wildman–Crippen MR) is 101 cm³/mol. The molecule has 0 bridgehead atoms. The number of unbranched alkanes of at least 4 members (excludes halogenated alkanes) is 2. The molecule has 8 nitrogen and oxygen atoms in total. The van der Waals surface area contributed by atoms with Crippen LogP contribution in [0.3, 0.4) is 0 Å². The molecule has 0 fully saturated rings. The van der Waals surface area contributed by atoms with Gasteiger partial charge in [0.05, 0.1) is 10.7 Å². The second kappa shape index (κ2) is 9.77. The number of aromatic nitrogens is 2. The van der Waals surface area contributed by atoms with Crippen LogP contribution in [0.2, 0.25) is 5.02 Å². The maximum Gasteiger partial charge on any atom is 0.181 e. The molecule has 1 atom stereocenters. The van der Waals surface area contributed by atoms with E-state index < -0.39 is 15.5 Å². The third-order valence-electron chi connectivity index (χ3n) is 3.88. The Balaban J connectivity index is 2.03. The summed E-state index contributed by atoms with van der Waals surface area (Å²) in [5.74, 6) is 0.162. The first-order chi connectivity index (χ1) is 12.9. The maximum absolute atomic E-state index is 13.2. The van der Waals surface area contributed by atoms with Crippen molar-refractivity contribution >= 4 is 32.9 Å². The second-order valence-electron chi connectivity index (χ2n) is 5.85. The fourth-order valence-corrected chi connectivity index (χ4v) is 3.45. The fraction of sp³-hybridized carbons (Fsp3) is 0.438. The normalized spacial score (nSPS) is 14.1. The van der Waals surface area contributed by atoms with Crippen LogP contribution in [0.5, 0.6) is 0 Å². The molecular formula is C16H21ClFN5O3S. The second-order valence-corrected chi connectivity index (χ2v) is 8.86. The fourth-order valence-electron chi connectivity index (χ4n) is 2.31. The zero-order chi connectivity index (χ0) is 19.9. The minimum atomic E-state index is -2.47. The third kappa shape index (κ3) is 6.26. The summed E-state index contributed by atoms with van der Waals surface area (Å²) in [5.41, 5.74) is 2.98. The zero-order valence-electron chi connectivity index (χ0n) is 14.7. The average molecular weight is 418 g/mol. The van der Waals surface area contributed by atoms with E-state index in [9.17, 15) is 13.8 Å². The van der Waals surface area contributed by atoms with E-state index in [0.717, 1.165) is 12.8 Å². The van der Waals surface area contributed by atoms with E-state index in [1.54, 1.807) is 6.92 Å². The Kier molecular flexibility index (Phi) is 7.69. The van der Waals surface area contributed by atoms with Crippen LogP contribution in [-0.2, 0) is 16.1 Å². The Bertz CT molecular complexity index is 901. The van der Waals surface area contributed by atoms with Gasteiger partial charge in [-0.1, -0.05) is 30.1 Å². The lowest BCUT2D eigenvalue weighted by Gasteiger charge is -2.05. The number of nitrogens with one attached hydrogen (secondary N) is 2. The number of hydrogen-bond donors (Lipinski definition) is 3. The summed E-state index contributed by atoms with van der Waals surface area (Å²) in [5, 5.41) is 16.9. The number of benzene rings is 1. The van der Waals surface area contributed by atoms with Crippen molar-refractivity contribution in [3.05, 3.63) is 40.4 Å². The van der Waals surface area contributed by atoms with E-state index >= 15 is 0 Å². The van der Waals surface area contributed by atoms with Crippen LogP contribution in [-0.4, -0.2) is 37.1 Å². The van der Waals surface area contributed by atoms with Gasteiger partial charge >= 0.3 is 0 Å². The SMILES string of the molecule is CCS(=N)(=O)CCCCCc1nonc1C(=Nc1ccc(F)c(Cl)c1)NO. The minimum absolute atomic E-state index is 0.00548. The molecule has 1 aromatic carbocycles. The van der Waals surface area contributed by atoms with E-state index in [2.05, 4.69) is 15.3 Å². The molecule has 0 amide bonds. The number of halogens is 2. The minimum Gasteiger partial charge on any atom is -0.290 e. The van der Waals surface area contributed by atoms with E-state index in [1.165, 1.54) is 18.2 Å². The molecule has 1 heterocycles. The molecule has 0 spiro atoms. The van der Waals surface area contributed by atoms with Gasteiger partial charge in [0.1, 0.15) is 11.5 Å². The van der Waals surface area contributed by atoms with Crippen LogP contribution >= 0.6 is 11.6 Å². The predicted octanol–water partition coefficient (Wildman–Crippen LogP) is 3.70. The Labute approximate surface area is 161 Å². The lowest BCUT2D eigenvalue weighted by molar-refractivity contribution is 0.234. The highest BCUT2D eigenvalue weighted by atomic mass is 35.5. The Morgan fingerprint density at radius 3 is 2.85 bits per heavy atom. The lowest BCUT2D eigenvalue weighted by Crippen LogP contribution is -2.22. The summed E-state index contributed by atoms with van der Waals surface area (Å²) >= 11 is 5.73. The van der Waals surface area contributed by atoms with Crippen molar-refractivity contribution in [2.24, 2.45) is 4.99 Å². The topological polar surface area (TPSA) is 124 Å². The molecule has 3 N–H and O–H groups in total. The van der Waals surface area contributed by atoms with Gasteiger partial charge < -0.3 is 0 Å². The Hall–Kier alpha value is -2.04. The van der Waals surface area contributed by atoms with Gasteiger partial charge in [0.2, 0.25) is 0 Å². The molecular weight excluding hydrogens is 397 g/mol. The van der Waals surface area contributed by atoms with Crippen molar-refractivity contribution in [2.75, 3.05) is 11.5 Å². The van der Waals surface area contributed by atoms with Crippen LogP contribution in [0.4, 0.5) is 10.1 Å². The lowest BCUT2D eigenvalue weighted by atomic mass is 10.1. The molecule has 0 aliphatic heterocycles. The van der Waals surface area contributed by atoms with Gasteiger partial charge in [-0.25, -0.2) is 18.2 Å². The van der Waals surface area contributed by atoms with Gasteiger partial charge in [-0.3, -0.25) is 15.5 Å². The molecule has 148 valence electrons. The number of aliphatic imine (C=N–C) groups is 1. The average Bonchev–Trinajstić information content (AvgIpc) is 3.10. The van der Waals surface area contributed by atoms with Crippen LogP contribution in [0.25, 0.3) is 0 Å². The van der Waals surface area contributed by atoms with Crippen LogP contribution in [0, 0.1) is 10.6 Å². The highest BCUT2D eigenvalue weighted by Gasteiger charge is 2.16. The molecule has 2 aromatic rings. The Morgan fingerprint density at radius 2 is 2.19 bits per heavy atom. The first-order valence-corrected chi connectivity index (χ1v) is 10.6. The van der Waals surface area contributed by atoms with Crippen LogP contribution in [0.1, 0.15) is 37.6 Å². The van der Waals surface area contributed by atoms with Crippen molar-refractivity contribution in [1.82, 2.24) is 15.8 Å². The maximum atomic E-state index is 13.2. The molecule has 27 heavy (non-hydrogen) atoms. The van der Waals surface area contributed by atoms with E-state index in [4.69, 9.17) is 21.0 Å². The molecule has 11 heteroatoms. The molecule has 0 saturated carbocycles. The van der Waals surface area contributed by atoms with Crippen LogP contribution in [0.15, 0.2) is 27.8 Å². The molecule has 0 aliphatic rings. The monoisotopic (exact) mass is 417 g/mol. The molecule has 1 aromatic heterocycles. The standard InChI is InChI=1S/C16H21ClFN5O3S/c1-2-27(19,25)9-5-3-4-6-14-15(23-26-22-14)16(21-24)20-11-7-8-13(18)12(17)10-11/h7-8,10,19,24H,2-6,9H2,1H3,(H,20,21). The van der Waals surface area contributed by atoms with Crippen molar-refractivity contribution in [3.63, 3.8) is 0 Å². The van der Waals surface area contributed by atoms with Gasteiger partial charge in [-0.15, -0.1) is 0 Å². The van der Waals surface area contributed by atoms with E-state index in [-0.39, 0.29) is 16.6 Å². The Morgan fingerprint density at radius 1 is 1.41 bits per heavy atom. The van der Waals surface area contributed by atoms with Gasteiger partial charge in [-0.2, -0.15) is 0 Å². The number of amidine groups is 1. The van der Waals surface area contributed by atoms with E-state index in [0.29, 0.717) is 35.7 Å².